The summed E-state index contributed by atoms with van der Waals surface area (Å²) < 4.78 is 40.2. The van der Waals surface area contributed by atoms with Gasteiger partial charge in [0.05, 0.1) is 28.8 Å². The first-order valence-corrected chi connectivity index (χ1v) is 6.40. The zero-order valence-electron chi connectivity index (χ0n) is 10.6. The Morgan fingerprint density at radius 3 is 2.71 bits per heavy atom. The van der Waals surface area contributed by atoms with Gasteiger partial charge in [-0.2, -0.15) is 13.2 Å². The Morgan fingerprint density at radius 2 is 2.05 bits per heavy atom. The van der Waals surface area contributed by atoms with Crippen LogP contribution in [0.4, 0.5) is 13.2 Å². The van der Waals surface area contributed by atoms with Gasteiger partial charge in [0.25, 0.3) is 0 Å². The Labute approximate surface area is 122 Å². The van der Waals surface area contributed by atoms with E-state index in [0.717, 1.165) is 17.8 Å². The minimum atomic E-state index is -4.38. The first-order chi connectivity index (χ1) is 9.95. The molecule has 3 rings (SSSR count). The molecule has 3 aromatic rings. The molecule has 21 heavy (non-hydrogen) atoms. The maximum absolute atomic E-state index is 12.7. The zero-order chi connectivity index (χ0) is 15.0. The van der Waals surface area contributed by atoms with Crippen molar-refractivity contribution in [3.8, 4) is 0 Å². The summed E-state index contributed by atoms with van der Waals surface area (Å²) in [6, 6.07) is 5.24. The number of aromatic nitrogens is 4. The largest absolute Gasteiger partial charge is 0.416 e. The molecule has 0 spiro atoms. The number of H-pyrrole nitrogens is 1. The van der Waals surface area contributed by atoms with Crippen LogP contribution >= 0.6 is 12.2 Å². The van der Waals surface area contributed by atoms with Crippen LogP contribution in [-0.2, 0) is 12.7 Å². The van der Waals surface area contributed by atoms with E-state index in [1.807, 2.05) is 0 Å². The highest BCUT2D eigenvalue weighted by molar-refractivity contribution is 7.71. The Kier molecular flexibility index (Phi) is 3.25. The van der Waals surface area contributed by atoms with Gasteiger partial charge in [0.15, 0.2) is 4.77 Å². The quantitative estimate of drug-likeness (QED) is 0.736. The molecule has 0 unspecified atom stereocenters. The molecule has 0 saturated heterocycles. The maximum Gasteiger partial charge on any atom is 0.416 e. The van der Waals surface area contributed by atoms with Crippen molar-refractivity contribution >= 4 is 23.3 Å². The van der Waals surface area contributed by atoms with Gasteiger partial charge in [-0.3, -0.25) is 0 Å². The molecule has 4 nitrogen and oxygen atoms in total. The van der Waals surface area contributed by atoms with Crippen molar-refractivity contribution in [2.24, 2.45) is 0 Å². The summed E-state index contributed by atoms with van der Waals surface area (Å²) in [6.07, 6.45) is -1.36. The van der Waals surface area contributed by atoms with Gasteiger partial charge in [-0.05, 0) is 36.5 Å². The summed E-state index contributed by atoms with van der Waals surface area (Å²) >= 11 is 5.17. The monoisotopic (exact) mass is 310 g/mol. The van der Waals surface area contributed by atoms with Crippen LogP contribution in [0.5, 0.6) is 0 Å². The van der Waals surface area contributed by atoms with Crippen LogP contribution in [0.1, 0.15) is 11.3 Å². The molecule has 0 aliphatic rings. The predicted octanol–water partition coefficient (Wildman–Crippen LogP) is 3.56. The van der Waals surface area contributed by atoms with Crippen LogP contribution in [0.25, 0.3) is 11.0 Å². The fourth-order valence-corrected chi connectivity index (χ4v) is 2.34. The average molecular weight is 310 g/mol. The number of nitrogens with one attached hydrogen (secondary N) is 1. The standard InChI is InChI=1S/C13H9F3N4S/c14-13(15,16)8-1-2-11-10(5-8)19-12(21)20(11)6-9-3-4-17-7-18-9/h1-5,7H,6H2,(H,19,21). The third-order valence-corrected chi connectivity index (χ3v) is 3.39. The molecule has 0 atom stereocenters. The van der Waals surface area contributed by atoms with E-state index in [4.69, 9.17) is 12.2 Å². The minimum Gasteiger partial charge on any atom is -0.331 e. The van der Waals surface area contributed by atoms with Crippen LogP contribution in [-0.4, -0.2) is 19.5 Å². The van der Waals surface area contributed by atoms with Gasteiger partial charge in [0.2, 0.25) is 0 Å². The normalized spacial score (nSPS) is 12.0. The van der Waals surface area contributed by atoms with Crippen LogP contribution in [0.3, 0.4) is 0 Å². The van der Waals surface area contributed by atoms with E-state index < -0.39 is 11.7 Å². The molecule has 8 heteroatoms. The number of aromatic amines is 1. The van der Waals surface area contributed by atoms with Crippen LogP contribution < -0.4 is 0 Å². The molecule has 1 N–H and O–H groups in total. The maximum atomic E-state index is 12.7. The molecule has 2 heterocycles. The van der Waals surface area contributed by atoms with Crippen molar-refractivity contribution in [1.29, 1.82) is 0 Å². The average Bonchev–Trinajstić information content (AvgIpc) is 2.75. The third-order valence-electron chi connectivity index (χ3n) is 3.06. The van der Waals surface area contributed by atoms with Crippen molar-refractivity contribution < 1.29 is 13.2 Å². The summed E-state index contributed by atoms with van der Waals surface area (Å²) in [6.45, 7) is 0.368. The Hall–Kier alpha value is -2.22. The number of halogens is 3. The van der Waals surface area contributed by atoms with Gasteiger partial charge < -0.3 is 9.55 Å². The lowest BCUT2D eigenvalue weighted by molar-refractivity contribution is -0.137. The molecular formula is C13H9F3N4S. The van der Waals surface area contributed by atoms with Gasteiger partial charge >= 0.3 is 6.18 Å². The minimum absolute atomic E-state index is 0.350. The number of alkyl halides is 3. The highest BCUT2D eigenvalue weighted by atomic mass is 32.1. The van der Waals surface area contributed by atoms with E-state index in [-0.39, 0.29) is 0 Å². The molecule has 1 aromatic carbocycles. The Bertz CT molecular complexity index is 836. The van der Waals surface area contributed by atoms with E-state index in [1.165, 1.54) is 12.4 Å². The van der Waals surface area contributed by atoms with Gasteiger partial charge in [-0.15, -0.1) is 0 Å². The molecule has 2 aromatic heterocycles. The third kappa shape index (κ3) is 2.66. The summed E-state index contributed by atoms with van der Waals surface area (Å²) in [5, 5.41) is 0. The van der Waals surface area contributed by atoms with Crippen LogP contribution in [0.15, 0.2) is 36.8 Å². The van der Waals surface area contributed by atoms with Gasteiger partial charge in [0, 0.05) is 6.20 Å². The number of fused-ring (bicyclic) bond motifs is 1. The molecule has 0 radical (unpaired) electrons. The highest BCUT2D eigenvalue weighted by Gasteiger charge is 2.30. The van der Waals surface area contributed by atoms with Crippen molar-refractivity contribution in [3.05, 3.63) is 52.8 Å². The number of rotatable bonds is 2. The van der Waals surface area contributed by atoms with Crippen LogP contribution in [0, 0.1) is 4.77 Å². The fraction of sp³-hybridized carbons (Fsp3) is 0.154. The first-order valence-electron chi connectivity index (χ1n) is 6.00. The SMILES string of the molecule is FC(F)(F)c1ccc2c(c1)[nH]c(=S)n2Cc1ccncn1. The van der Waals surface area contributed by atoms with E-state index >= 15 is 0 Å². The summed E-state index contributed by atoms with van der Waals surface area (Å²) in [4.78, 5) is 10.7. The van der Waals surface area contributed by atoms with Gasteiger partial charge in [-0.25, -0.2) is 9.97 Å². The zero-order valence-corrected chi connectivity index (χ0v) is 11.4. The summed E-state index contributed by atoms with van der Waals surface area (Å²) in [5.74, 6) is 0. The molecular weight excluding hydrogens is 301 g/mol. The van der Waals surface area contributed by atoms with Crippen LogP contribution in [0.2, 0.25) is 0 Å². The molecule has 0 fully saturated rings. The van der Waals surface area contributed by atoms with E-state index in [9.17, 15) is 13.2 Å². The molecule has 0 aliphatic heterocycles. The topological polar surface area (TPSA) is 46.5 Å². The second kappa shape index (κ2) is 4.96. The lowest BCUT2D eigenvalue weighted by Gasteiger charge is -2.07. The van der Waals surface area contributed by atoms with E-state index in [1.54, 1.807) is 16.8 Å². The number of hydrogen-bond donors (Lipinski definition) is 1. The second-order valence-electron chi connectivity index (χ2n) is 4.45. The van der Waals surface area contributed by atoms with Gasteiger partial charge in [-0.1, -0.05) is 0 Å². The first kappa shape index (κ1) is 13.7. The molecule has 0 amide bonds. The fourth-order valence-electron chi connectivity index (χ4n) is 2.07. The Morgan fingerprint density at radius 1 is 1.24 bits per heavy atom. The van der Waals surface area contributed by atoms with Gasteiger partial charge in [0.1, 0.15) is 6.33 Å². The molecule has 108 valence electrons. The van der Waals surface area contributed by atoms with Crippen molar-refractivity contribution in [3.63, 3.8) is 0 Å². The smallest absolute Gasteiger partial charge is 0.331 e. The van der Waals surface area contributed by atoms with E-state index in [0.29, 0.717) is 22.3 Å². The molecule has 0 aliphatic carbocycles. The number of imidazole rings is 1. The summed E-state index contributed by atoms with van der Waals surface area (Å²) in [5.41, 5.74) is 0.970. The number of hydrogen-bond acceptors (Lipinski definition) is 3. The van der Waals surface area contributed by atoms with E-state index in [2.05, 4.69) is 15.0 Å². The second-order valence-corrected chi connectivity index (χ2v) is 4.83. The predicted molar refractivity (Wildman–Crippen MR) is 73.3 cm³/mol. The Balaban J connectivity index is 2.08. The summed E-state index contributed by atoms with van der Waals surface area (Å²) in [7, 11) is 0. The number of benzene rings is 1. The highest BCUT2D eigenvalue weighted by Crippen LogP contribution is 2.31. The molecule has 0 bridgehead atoms. The number of nitrogens with zero attached hydrogens (tertiary/aromatic N) is 3. The lowest BCUT2D eigenvalue weighted by Crippen LogP contribution is -2.05. The van der Waals surface area contributed by atoms with Crippen molar-refractivity contribution in [1.82, 2.24) is 19.5 Å². The van der Waals surface area contributed by atoms with Crippen molar-refractivity contribution in [2.75, 3.05) is 0 Å². The lowest BCUT2D eigenvalue weighted by atomic mass is 10.2. The van der Waals surface area contributed by atoms with Crippen molar-refractivity contribution in [2.45, 2.75) is 12.7 Å². The molecule has 0 saturated carbocycles.